The van der Waals surface area contributed by atoms with E-state index in [1.54, 1.807) is 0 Å². The molecule has 2 fully saturated rings. The molecule has 1 heterocycles. The average Bonchev–Trinajstić information content (AvgIpc) is 3.07. The van der Waals surface area contributed by atoms with Crippen molar-refractivity contribution in [2.24, 2.45) is 11.7 Å². The molecule has 1 atom stereocenters. The van der Waals surface area contributed by atoms with Crippen LogP contribution in [-0.2, 0) is 0 Å². The molecule has 1 saturated carbocycles. The molecule has 17 heavy (non-hydrogen) atoms. The summed E-state index contributed by atoms with van der Waals surface area (Å²) in [5.74, 6) is 0.440. The van der Waals surface area contributed by atoms with Gasteiger partial charge in [0.2, 0.25) is 0 Å². The Bertz CT molecular complexity index is 278. The fourth-order valence-corrected chi connectivity index (χ4v) is 2.84. The molecule has 0 aromatic rings. The van der Waals surface area contributed by atoms with Crippen molar-refractivity contribution in [3.8, 4) is 0 Å². The monoisotopic (exact) mass is 241 g/mol. The number of hydrogen-bond donors (Lipinski definition) is 2. The summed E-state index contributed by atoms with van der Waals surface area (Å²) >= 11 is 0. The number of β-amino-alcohol motifs (C(OH)–C–C–N with tert-alkyl or cyclic N) is 1. The van der Waals surface area contributed by atoms with Gasteiger partial charge in [-0.15, -0.1) is 0 Å². The van der Waals surface area contributed by atoms with E-state index in [1.165, 1.54) is 0 Å². The van der Waals surface area contributed by atoms with Gasteiger partial charge in [-0.25, -0.2) is 0 Å². The molecule has 0 aromatic carbocycles. The first-order valence-corrected chi connectivity index (χ1v) is 6.73. The Morgan fingerprint density at radius 1 is 1.35 bits per heavy atom. The zero-order valence-corrected chi connectivity index (χ0v) is 11.4. The first-order chi connectivity index (χ1) is 7.87. The van der Waals surface area contributed by atoms with Crippen molar-refractivity contribution in [2.75, 3.05) is 39.8 Å². The van der Waals surface area contributed by atoms with Gasteiger partial charge in [-0.3, -0.25) is 9.80 Å². The van der Waals surface area contributed by atoms with E-state index < -0.39 is 5.60 Å². The van der Waals surface area contributed by atoms with Crippen LogP contribution in [0.4, 0.5) is 0 Å². The molecule has 0 aromatic heterocycles. The second-order valence-corrected chi connectivity index (χ2v) is 6.53. The smallest absolute Gasteiger partial charge is 0.0923 e. The standard InChI is InChI=1S/C13H27N3O/c1-12(2)9-16(7-6-15(12)3)10-13(17,8-14)11-4-5-11/h11,17H,4-10,14H2,1-3H3. The molecule has 1 saturated heterocycles. The number of hydrogen-bond acceptors (Lipinski definition) is 4. The number of aliphatic hydroxyl groups is 1. The predicted molar refractivity (Wildman–Crippen MR) is 69.9 cm³/mol. The fraction of sp³-hybridized carbons (Fsp3) is 1.00. The topological polar surface area (TPSA) is 52.7 Å². The van der Waals surface area contributed by atoms with Crippen LogP contribution in [0.15, 0.2) is 0 Å². The molecule has 4 heteroatoms. The highest BCUT2D eigenvalue weighted by atomic mass is 16.3. The Morgan fingerprint density at radius 3 is 2.47 bits per heavy atom. The van der Waals surface area contributed by atoms with Crippen LogP contribution in [0.1, 0.15) is 26.7 Å². The summed E-state index contributed by atoms with van der Waals surface area (Å²) in [5.41, 5.74) is 5.32. The molecule has 3 N–H and O–H groups in total. The van der Waals surface area contributed by atoms with Crippen molar-refractivity contribution in [1.29, 1.82) is 0 Å². The van der Waals surface area contributed by atoms with Gasteiger partial charge >= 0.3 is 0 Å². The van der Waals surface area contributed by atoms with Gasteiger partial charge in [-0.2, -0.15) is 0 Å². The quantitative estimate of drug-likeness (QED) is 0.734. The first-order valence-electron chi connectivity index (χ1n) is 6.73. The number of rotatable bonds is 4. The zero-order valence-electron chi connectivity index (χ0n) is 11.4. The lowest BCUT2D eigenvalue weighted by atomic mass is 9.94. The Morgan fingerprint density at radius 2 is 2.00 bits per heavy atom. The average molecular weight is 241 g/mol. The number of nitrogens with two attached hydrogens (primary N) is 1. The number of nitrogens with zero attached hydrogens (tertiary/aromatic N) is 2. The zero-order chi connectivity index (χ0) is 12.7. The van der Waals surface area contributed by atoms with E-state index in [4.69, 9.17) is 5.73 Å². The highest BCUT2D eigenvalue weighted by Gasteiger charge is 2.45. The van der Waals surface area contributed by atoms with E-state index in [2.05, 4.69) is 30.7 Å². The van der Waals surface area contributed by atoms with E-state index in [1.807, 2.05) is 0 Å². The summed E-state index contributed by atoms with van der Waals surface area (Å²) in [5, 5.41) is 10.6. The molecule has 0 radical (unpaired) electrons. The van der Waals surface area contributed by atoms with Gasteiger partial charge in [-0.05, 0) is 39.7 Å². The lowest BCUT2D eigenvalue weighted by Crippen LogP contribution is -2.61. The molecule has 0 amide bonds. The third kappa shape index (κ3) is 2.81. The maximum Gasteiger partial charge on any atom is 0.0923 e. The summed E-state index contributed by atoms with van der Waals surface area (Å²) in [6.07, 6.45) is 2.29. The van der Waals surface area contributed by atoms with E-state index >= 15 is 0 Å². The van der Waals surface area contributed by atoms with Gasteiger partial charge in [0, 0.05) is 38.3 Å². The van der Waals surface area contributed by atoms with Crippen molar-refractivity contribution in [3.63, 3.8) is 0 Å². The second kappa shape index (κ2) is 4.50. The third-order valence-electron chi connectivity index (χ3n) is 4.58. The van der Waals surface area contributed by atoms with Crippen molar-refractivity contribution >= 4 is 0 Å². The van der Waals surface area contributed by atoms with Gasteiger partial charge < -0.3 is 10.8 Å². The molecule has 4 nitrogen and oxygen atoms in total. The summed E-state index contributed by atoms with van der Waals surface area (Å²) in [7, 11) is 2.17. The molecule has 0 spiro atoms. The van der Waals surface area contributed by atoms with Crippen LogP contribution in [0.2, 0.25) is 0 Å². The minimum absolute atomic E-state index is 0.192. The second-order valence-electron chi connectivity index (χ2n) is 6.53. The predicted octanol–water partition coefficient (Wildman–Crippen LogP) is 0.112. The van der Waals surface area contributed by atoms with Gasteiger partial charge in [0.25, 0.3) is 0 Å². The van der Waals surface area contributed by atoms with Crippen LogP contribution in [0, 0.1) is 5.92 Å². The summed E-state index contributed by atoms with van der Waals surface area (Å²) in [6.45, 7) is 8.78. The van der Waals surface area contributed by atoms with E-state index in [0.29, 0.717) is 12.5 Å². The molecule has 1 aliphatic carbocycles. The van der Waals surface area contributed by atoms with Crippen LogP contribution in [0.25, 0.3) is 0 Å². The number of likely N-dealkylation sites (N-methyl/N-ethyl adjacent to an activating group) is 1. The normalized spacial score (nSPS) is 30.2. The minimum atomic E-state index is -0.647. The SMILES string of the molecule is CN1CCN(CC(O)(CN)C2CC2)CC1(C)C. The van der Waals surface area contributed by atoms with Crippen LogP contribution in [0.5, 0.6) is 0 Å². The summed E-state index contributed by atoms with van der Waals surface area (Å²) < 4.78 is 0. The molecule has 2 rings (SSSR count). The Hall–Kier alpha value is -0.160. The summed E-state index contributed by atoms with van der Waals surface area (Å²) in [6, 6.07) is 0. The molecular weight excluding hydrogens is 214 g/mol. The van der Waals surface area contributed by atoms with Crippen molar-refractivity contribution in [3.05, 3.63) is 0 Å². The number of piperazine rings is 1. The molecule has 1 aliphatic heterocycles. The molecular formula is C13H27N3O. The fourth-order valence-electron chi connectivity index (χ4n) is 2.84. The summed E-state index contributed by atoms with van der Waals surface area (Å²) in [4.78, 5) is 4.77. The lowest BCUT2D eigenvalue weighted by Gasteiger charge is -2.47. The highest BCUT2D eigenvalue weighted by molar-refractivity contribution is 4.99. The van der Waals surface area contributed by atoms with Gasteiger partial charge in [0.05, 0.1) is 5.60 Å². The van der Waals surface area contributed by atoms with Crippen LogP contribution >= 0.6 is 0 Å². The minimum Gasteiger partial charge on any atom is -0.387 e. The third-order valence-corrected chi connectivity index (χ3v) is 4.58. The maximum absolute atomic E-state index is 10.6. The van der Waals surface area contributed by atoms with Gasteiger partial charge in [0.1, 0.15) is 0 Å². The van der Waals surface area contributed by atoms with Crippen LogP contribution in [-0.4, -0.2) is 65.8 Å². The Labute approximate surface area is 105 Å². The molecule has 2 aliphatic rings. The van der Waals surface area contributed by atoms with Gasteiger partial charge in [-0.1, -0.05) is 0 Å². The highest BCUT2D eigenvalue weighted by Crippen LogP contribution is 2.40. The maximum atomic E-state index is 10.6. The molecule has 100 valence electrons. The lowest BCUT2D eigenvalue weighted by molar-refractivity contribution is -0.0407. The van der Waals surface area contributed by atoms with Crippen molar-refractivity contribution in [1.82, 2.24) is 9.80 Å². The van der Waals surface area contributed by atoms with E-state index in [9.17, 15) is 5.11 Å². The van der Waals surface area contributed by atoms with E-state index in [0.717, 1.165) is 39.0 Å². The Balaban J connectivity index is 1.95. The Kier molecular flexibility index (Phi) is 3.51. The van der Waals surface area contributed by atoms with Crippen LogP contribution < -0.4 is 5.73 Å². The molecule has 0 bridgehead atoms. The van der Waals surface area contributed by atoms with E-state index in [-0.39, 0.29) is 5.54 Å². The first kappa shape index (κ1) is 13.3. The van der Waals surface area contributed by atoms with Gasteiger partial charge in [0.15, 0.2) is 0 Å². The largest absolute Gasteiger partial charge is 0.387 e. The van der Waals surface area contributed by atoms with Crippen LogP contribution in [0.3, 0.4) is 0 Å². The van der Waals surface area contributed by atoms with Crippen molar-refractivity contribution in [2.45, 2.75) is 37.8 Å². The molecule has 1 unspecified atom stereocenters. The van der Waals surface area contributed by atoms with Crippen molar-refractivity contribution < 1.29 is 5.11 Å².